The van der Waals surface area contributed by atoms with Crippen LogP contribution in [0.3, 0.4) is 0 Å². The van der Waals surface area contributed by atoms with Crippen LogP contribution < -0.4 is 14.5 Å². The Morgan fingerprint density at radius 2 is 1.72 bits per heavy atom. The van der Waals surface area contributed by atoms with Gasteiger partial charge in [0.1, 0.15) is 5.75 Å². The zero-order valence-corrected chi connectivity index (χ0v) is 17.4. The Hall–Kier alpha value is -2.57. The first-order valence-corrected chi connectivity index (χ1v) is 10.1. The molecule has 2 heterocycles. The molecule has 0 bridgehead atoms. The summed E-state index contributed by atoms with van der Waals surface area (Å²) in [7, 11) is 1.51. The molecule has 0 spiro atoms. The number of benzene rings is 2. The number of halogens is 1. The molecule has 2 aliphatic rings. The van der Waals surface area contributed by atoms with Crippen molar-refractivity contribution in [2.75, 3.05) is 43.1 Å². The zero-order valence-electron chi connectivity index (χ0n) is 16.6. The van der Waals surface area contributed by atoms with E-state index in [1.807, 2.05) is 25.1 Å². The van der Waals surface area contributed by atoms with E-state index in [-0.39, 0.29) is 18.2 Å². The largest absolute Gasteiger partial charge is 0.495 e. The van der Waals surface area contributed by atoms with Crippen molar-refractivity contribution in [3.05, 3.63) is 53.1 Å². The minimum absolute atomic E-state index is 0.189. The molecule has 29 heavy (non-hydrogen) atoms. The second kappa shape index (κ2) is 8.05. The number of carbonyl (C=O) groups is 2. The highest BCUT2D eigenvalue weighted by atomic mass is 35.5. The number of carbonyl (C=O) groups excluding carboxylic acids is 2. The van der Waals surface area contributed by atoms with E-state index in [1.165, 1.54) is 17.7 Å². The van der Waals surface area contributed by atoms with Crippen molar-refractivity contribution in [2.24, 2.45) is 0 Å². The van der Waals surface area contributed by atoms with Crippen LogP contribution >= 0.6 is 11.6 Å². The standard InChI is InChI=1S/C22H24ClN3O3/c1-15-12-18(20(29-2)13-17(15)23)26-21(27)14-19(22(26)28)25-10-8-24(9-11-25)16-6-4-3-5-7-16/h3-7,12-13,19H,8-11,14H2,1-2H3/t19-/m0/s1. The van der Waals surface area contributed by atoms with Crippen LogP contribution in [0.4, 0.5) is 11.4 Å². The summed E-state index contributed by atoms with van der Waals surface area (Å²) >= 11 is 6.18. The molecule has 152 valence electrons. The van der Waals surface area contributed by atoms with Crippen LogP contribution in [0.2, 0.25) is 5.02 Å². The summed E-state index contributed by atoms with van der Waals surface area (Å²) in [5.41, 5.74) is 2.45. The molecule has 2 saturated heterocycles. The molecule has 7 heteroatoms. The number of para-hydroxylation sites is 1. The predicted molar refractivity (Wildman–Crippen MR) is 114 cm³/mol. The van der Waals surface area contributed by atoms with Crippen molar-refractivity contribution in [3.8, 4) is 5.75 Å². The number of ether oxygens (including phenoxy) is 1. The summed E-state index contributed by atoms with van der Waals surface area (Å²) in [6.07, 6.45) is 0.189. The van der Waals surface area contributed by atoms with E-state index in [0.29, 0.717) is 16.5 Å². The molecule has 2 aliphatic heterocycles. The van der Waals surface area contributed by atoms with Gasteiger partial charge in [-0.1, -0.05) is 29.8 Å². The Bertz CT molecular complexity index is 926. The van der Waals surface area contributed by atoms with E-state index in [0.717, 1.165) is 31.7 Å². The van der Waals surface area contributed by atoms with Crippen molar-refractivity contribution in [3.63, 3.8) is 0 Å². The molecular formula is C22H24ClN3O3. The lowest BCUT2D eigenvalue weighted by molar-refractivity contribution is -0.123. The fraction of sp³-hybridized carbons (Fsp3) is 0.364. The van der Waals surface area contributed by atoms with Crippen molar-refractivity contribution in [1.29, 1.82) is 0 Å². The van der Waals surface area contributed by atoms with Crippen molar-refractivity contribution < 1.29 is 14.3 Å². The lowest BCUT2D eigenvalue weighted by Gasteiger charge is -2.38. The smallest absolute Gasteiger partial charge is 0.251 e. The number of methoxy groups -OCH3 is 1. The molecule has 0 aromatic heterocycles. The quantitative estimate of drug-likeness (QED) is 0.721. The van der Waals surface area contributed by atoms with E-state index >= 15 is 0 Å². The van der Waals surface area contributed by atoms with Gasteiger partial charge in [0.15, 0.2) is 0 Å². The number of anilines is 2. The molecule has 6 nitrogen and oxygen atoms in total. The average Bonchev–Trinajstić information content (AvgIpc) is 3.04. The van der Waals surface area contributed by atoms with Gasteiger partial charge in [-0.15, -0.1) is 0 Å². The Balaban J connectivity index is 1.50. The zero-order chi connectivity index (χ0) is 20.5. The first-order chi connectivity index (χ1) is 14.0. The fourth-order valence-electron chi connectivity index (χ4n) is 4.07. The van der Waals surface area contributed by atoms with E-state index in [1.54, 1.807) is 12.1 Å². The van der Waals surface area contributed by atoms with Crippen molar-refractivity contribution in [2.45, 2.75) is 19.4 Å². The van der Waals surface area contributed by atoms with E-state index < -0.39 is 6.04 Å². The van der Waals surface area contributed by atoms with Gasteiger partial charge in [0.2, 0.25) is 5.91 Å². The second-order valence-electron chi connectivity index (χ2n) is 7.42. The van der Waals surface area contributed by atoms with E-state index in [4.69, 9.17) is 16.3 Å². The van der Waals surface area contributed by atoms with Gasteiger partial charge in [0.25, 0.3) is 5.91 Å². The van der Waals surface area contributed by atoms with Gasteiger partial charge in [0.05, 0.1) is 25.3 Å². The van der Waals surface area contributed by atoms with Gasteiger partial charge in [-0.05, 0) is 30.7 Å². The highest BCUT2D eigenvalue weighted by Gasteiger charge is 2.44. The lowest BCUT2D eigenvalue weighted by atomic mass is 10.1. The predicted octanol–water partition coefficient (Wildman–Crippen LogP) is 3.11. The highest BCUT2D eigenvalue weighted by Crippen LogP contribution is 2.37. The molecule has 0 saturated carbocycles. The molecule has 0 N–H and O–H groups in total. The average molecular weight is 414 g/mol. The number of aryl methyl sites for hydroxylation is 1. The monoisotopic (exact) mass is 413 g/mol. The van der Waals surface area contributed by atoms with Gasteiger partial charge in [0, 0.05) is 43.0 Å². The van der Waals surface area contributed by atoms with Crippen molar-refractivity contribution >= 4 is 34.8 Å². The second-order valence-corrected chi connectivity index (χ2v) is 7.83. The third kappa shape index (κ3) is 3.70. The summed E-state index contributed by atoms with van der Waals surface area (Å²) in [5, 5.41) is 0.540. The molecule has 2 aromatic carbocycles. The lowest BCUT2D eigenvalue weighted by Crippen LogP contribution is -2.52. The third-order valence-electron chi connectivity index (χ3n) is 5.70. The van der Waals surface area contributed by atoms with Gasteiger partial charge >= 0.3 is 0 Å². The molecular weight excluding hydrogens is 390 g/mol. The number of rotatable bonds is 4. The Morgan fingerprint density at radius 3 is 2.38 bits per heavy atom. The molecule has 0 aliphatic carbocycles. The maximum absolute atomic E-state index is 13.2. The normalized spacial score (nSPS) is 20.4. The number of hydrogen-bond donors (Lipinski definition) is 0. The molecule has 4 rings (SSSR count). The third-order valence-corrected chi connectivity index (χ3v) is 6.11. The molecule has 2 amide bonds. The fourth-order valence-corrected chi connectivity index (χ4v) is 4.22. The molecule has 1 atom stereocenters. The minimum atomic E-state index is -0.430. The maximum atomic E-state index is 13.2. The molecule has 0 radical (unpaired) electrons. The van der Waals surface area contributed by atoms with Gasteiger partial charge < -0.3 is 9.64 Å². The van der Waals surface area contributed by atoms with Crippen LogP contribution in [0.5, 0.6) is 5.75 Å². The Kier molecular flexibility index (Phi) is 5.48. The van der Waals surface area contributed by atoms with Gasteiger partial charge in [-0.3, -0.25) is 14.5 Å². The number of imide groups is 1. The number of hydrogen-bond acceptors (Lipinski definition) is 5. The number of piperazine rings is 1. The summed E-state index contributed by atoms with van der Waals surface area (Å²) in [6, 6.07) is 13.2. The van der Waals surface area contributed by atoms with Crippen LogP contribution in [-0.2, 0) is 9.59 Å². The minimum Gasteiger partial charge on any atom is -0.495 e. The number of amides is 2. The number of nitrogens with zero attached hydrogens (tertiary/aromatic N) is 3. The maximum Gasteiger partial charge on any atom is 0.251 e. The SMILES string of the molecule is COc1cc(Cl)c(C)cc1N1C(=O)C[C@H](N2CCN(c3ccccc3)CC2)C1=O. The summed E-state index contributed by atoms with van der Waals surface area (Å²) in [6.45, 7) is 4.97. The van der Waals surface area contributed by atoms with Crippen LogP contribution in [0.25, 0.3) is 0 Å². The first kappa shape index (κ1) is 19.7. The Labute approximate surface area is 175 Å². The Morgan fingerprint density at radius 1 is 1.03 bits per heavy atom. The molecule has 0 unspecified atom stereocenters. The van der Waals surface area contributed by atoms with Crippen LogP contribution in [0.15, 0.2) is 42.5 Å². The van der Waals surface area contributed by atoms with Crippen LogP contribution in [-0.4, -0.2) is 56.0 Å². The summed E-state index contributed by atoms with van der Waals surface area (Å²) < 4.78 is 5.38. The highest BCUT2D eigenvalue weighted by molar-refractivity contribution is 6.32. The summed E-state index contributed by atoms with van der Waals surface area (Å²) in [5.74, 6) is 0.0329. The topological polar surface area (TPSA) is 53.1 Å². The van der Waals surface area contributed by atoms with E-state index in [9.17, 15) is 9.59 Å². The van der Waals surface area contributed by atoms with Crippen molar-refractivity contribution in [1.82, 2.24) is 4.90 Å². The van der Waals surface area contributed by atoms with Crippen LogP contribution in [0.1, 0.15) is 12.0 Å². The van der Waals surface area contributed by atoms with E-state index in [2.05, 4.69) is 21.9 Å². The van der Waals surface area contributed by atoms with Gasteiger partial charge in [-0.25, -0.2) is 4.90 Å². The molecule has 2 aromatic rings. The van der Waals surface area contributed by atoms with Crippen LogP contribution in [0, 0.1) is 6.92 Å². The van der Waals surface area contributed by atoms with Gasteiger partial charge in [-0.2, -0.15) is 0 Å². The summed E-state index contributed by atoms with van der Waals surface area (Å²) in [4.78, 5) is 31.6. The molecule has 2 fully saturated rings. The first-order valence-electron chi connectivity index (χ1n) is 9.74.